The van der Waals surface area contributed by atoms with Crippen LogP contribution in [0.25, 0.3) is 17.0 Å². The summed E-state index contributed by atoms with van der Waals surface area (Å²) in [7, 11) is 0. The number of ketones is 1. The number of carbonyl (C=O) groups excluding carboxylic acids is 2. The lowest BCUT2D eigenvalue weighted by atomic mass is 10.1. The molecule has 1 amide bonds. The van der Waals surface area contributed by atoms with Crippen molar-refractivity contribution < 1.29 is 24.2 Å². The second-order valence-electron chi connectivity index (χ2n) is 5.39. The van der Waals surface area contributed by atoms with Gasteiger partial charge in [-0.2, -0.15) is 0 Å². The van der Waals surface area contributed by atoms with Crippen LogP contribution in [0.3, 0.4) is 0 Å². The van der Waals surface area contributed by atoms with Gasteiger partial charge in [-0.1, -0.05) is 0 Å². The van der Waals surface area contributed by atoms with Crippen molar-refractivity contribution in [2.75, 3.05) is 6.54 Å². The van der Waals surface area contributed by atoms with Gasteiger partial charge in [0.15, 0.2) is 5.78 Å². The molecule has 1 heterocycles. The standard InChI is InChI=1S/C19H15NO5/c21-14-4-2-13(3-5-14)17(23)11-20-19(24)6-1-12-9-16(22)15-7-8-25-18(15)10-12/h1-10,21-22H,11H2,(H,20,24)/b6-1+. The maximum Gasteiger partial charge on any atom is 0.244 e. The fraction of sp³-hybridized carbons (Fsp3) is 0.0526. The number of hydrogen-bond donors (Lipinski definition) is 3. The van der Waals surface area contributed by atoms with Crippen LogP contribution in [0.5, 0.6) is 11.5 Å². The smallest absolute Gasteiger partial charge is 0.244 e. The van der Waals surface area contributed by atoms with Gasteiger partial charge in [0.2, 0.25) is 5.91 Å². The Kier molecular flexibility index (Phi) is 4.52. The summed E-state index contributed by atoms with van der Waals surface area (Å²) in [6.45, 7) is -0.156. The Balaban J connectivity index is 1.60. The molecule has 6 nitrogen and oxygen atoms in total. The van der Waals surface area contributed by atoms with E-state index in [1.165, 1.54) is 48.7 Å². The second kappa shape index (κ2) is 6.92. The van der Waals surface area contributed by atoms with Crippen LogP contribution in [-0.4, -0.2) is 28.4 Å². The Morgan fingerprint density at radius 1 is 1.08 bits per heavy atom. The fourth-order valence-electron chi connectivity index (χ4n) is 2.32. The van der Waals surface area contributed by atoms with Crippen LogP contribution in [0, 0.1) is 0 Å². The first-order valence-electron chi connectivity index (χ1n) is 7.51. The predicted octanol–water partition coefficient (Wildman–Crippen LogP) is 2.86. The highest BCUT2D eigenvalue weighted by molar-refractivity contribution is 6.01. The van der Waals surface area contributed by atoms with Gasteiger partial charge in [-0.3, -0.25) is 9.59 Å². The van der Waals surface area contributed by atoms with Crippen LogP contribution < -0.4 is 5.32 Å². The molecule has 0 bridgehead atoms. The molecule has 3 rings (SSSR count). The zero-order valence-electron chi connectivity index (χ0n) is 13.1. The third-order valence-electron chi connectivity index (χ3n) is 3.61. The van der Waals surface area contributed by atoms with E-state index in [2.05, 4.69) is 5.32 Å². The number of rotatable bonds is 5. The number of hydrogen-bond acceptors (Lipinski definition) is 5. The molecule has 126 valence electrons. The lowest BCUT2D eigenvalue weighted by Crippen LogP contribution is -2.27. The number of aromatic hydroxyl groups is 2. The Bertz CT molecular complexity index is 954. The van der Waals surface area contributed by atoms with Crippen LogP contribution in [0.1, 0.15) is 15.9 Å². The molecular formula is C19H15NO5. The van der Waals surface area contributed by atoms with Crippen LogP contribution in [0.4, 0.5) is 0 Å². The van der Waals surface area contributed by atoms with Crippen LogP contribution in [0.15, 0.2) is 59.2 Å². The maximum atomic E-state index is 11.9. The molecule has 0 aliphatic rings. The van der Waals surface area contributed by atoms with Crippen molar-refractivity contribution in [2.45, 2.75) is 0 Å². The summed E-state index contributed by atoms with van der Waals surface area (Å²) in [5, 5.41) is 22.1. The number of Topliss-reactive ketones (excluding diaryl/α,β-unsaturated/α-hetero) is 1. The Hall–Kier alpha value is -3.54. The molecule has 3 aromatic rings. The summed E-state index contributed by atoms with van der Waals surface area (Å²) in [5.74, 6) is -0.573. The zero-order chi connectivity index (χ0) is 17.8. The molecule has 0 unspecified atom stereocenters. The average Bonchev–Trinajstić information content (AvgIpc) is 3.07. The number of nitrogens with one attached hydrogen (secondary N) is 1. The summed E-state index contributed by atoms with van der Waals surface area (Å²) in [6, 6.07) is 10.7. The van der Waals surface area contributed by atoms with E-state index in [4.69, 9.17) is 4.42 Å². The molecular weight excluding hydrogens is 322 g/mol. The molecule has 0 radical (unpaired) electrons. The Morgan fingerprint density at radius 3 is 2.60 bits per heavy atom. The number of furan rings is 1. The van der Waals surface area contributed by atoms with Crippen LogP contribution in [0.2, 0.25) is 0 Å². The molecule has 6 heteroatoms. The topological polar surface area (TPSA) is 99.8 Å². The van der Waals surface area contributed by atoms with E-state index in [9.17, 15) is 19.8 Å². The summed E-state index contributed by atoms with van der Waals surface area (Å²) >= 11 is 0. The number of amides is 1. The summed E-state index contributed by atoms with van der Waals surface area (Å²) in [6.07, 6.45) is 4.26. The first-order chi connectivity index (χ1) is 12.0. The Morgan fingerprint density at radius 2 is 1.84 bits per heavy atom. The van der Waals surface area contributed by atoms with Crippen molar-refractivity contribution in [1.29, 1.82) is 0 Å². The van der Waals surface area contributed by atoms with E-state index in [0.717, 1.165) is 0 Å². The van der Waals surface area contributed by atoms with E-state index < -0.39 is 5.91 Å². The van der Waals surface area contributed by atoms with Crippen molar-refractivity contribution in [3.05, 3.63) is 65.9 Å². The van der Waals surface area contributed by atoms with E-state index >= 15 is 0 Å². The van der Waals surface area contributed by atoms with Gasteiger partial charge >= 0.3 is 0 Å². The number of benzene rings is 2. The quantitative estimate of drug-likeness (QED) is 0.491. The highest BCUT2D eigenvalue weighted by atomic mass is 16.3. The van der Waals surface area contributed by atoms with Gasteiger partial charge in [0, 0.05) is 11.6 Å². The molecule has 0 atom stereocenters. The number of carbonyl (C=O) groups is 2. The molecule has 25 heavy (non-hydrogen) atoms. The summed E-state index contributed by atoms with van der Waals surface area (Å²) in [5.41, 5.74) is 1.51. The summed E-state index contributed by atoms with van der Waals surface area (Å²) in [4.78, 5) is 23.8. The summed E-state index contributed by atoms with van der Waals surface area (Å²) < 4.78 is 5.23. The predicted molar refractivity (Wildman–Crippen MR) is 92.4 cm³/mol. The van der Waals surface area contributed by atoms with Crippen molar-refractivity contribution in [3.8, 4) is 11.5 Å². The van der Waals surface area contributed by atoms with Gasteiger partial charge in [-0.15, -0.1) is 0 Å². The largest absolute Gasteiger partial charge is 0.508 e. The minimum absolute atomic E-state index is 0.0637. The molecule has 0 saturated carbocycles. The molecule has 1 aromatic heterocycles. The minimum atomic E-state index is -0.439. The first-order valence-corrected chi connectivity index (χ1v) is 7.51. The number of phenols is 2. The van der Waals surface area contributed by atoms with E-state index in [1.807, 2.05) is 0 Å². The Labute approximate surface area is 143 Å². The SMILES string of the molecule is O=C(/C=C/c1cc(O)c2ccoc2c1)NCC(=O)c1ccc(O)cc1. The lowest BCUT2D eigenvalue weighted by molar-refractivity contribution is -0.116. The van der Waals surface area contributed by atoms with E-state index in [1.54, 1.807) is 12.1 Å². The molecule has 0 aliphatic heterocycles. The van der Waals surface area contributed by atoms with Crippen molar-refractivity contribution in [3.63, 3.8) is 0 Å². The maximum absolute atomic E-state index is 11.9. The fourth-order valence-corrected chi connectivity index (χ4v) is 2.32. The van der Waals surface area contributed by atoms with Gasteiger partial charge in [0.25, 0.3) is 0 Å². The molecule has 0 saturated heterocycles. The third-order valence-corrected chi connectivity index (χ3v) is 3.61. The monoisotopic (exact) mass is 337 g/mol. The zero-order valence-corrected chi connectivity index (χ0v) is 13.1. The van der Waals surface area contributed by atoms with Crippen LogP contribution >= 0.6 is 0 Å². The minimum Gasteiger partial charge on any atom is -0.508 e. The molecule has 0 aliphatic carbocycles. The van der Waals surface area contributed by atoms with Gasteiger partial charge in [0.05, 0.1) is 18.2 Å². The van der Waals surface area contributed by atoms with E-state index in [0.29, 0.717) is 22.1 Å². The molecule has 0 fully saturated rings. The van der Waals surface area contributed by atoms with Crippen molar-refractivity contribution in [2.24, 2.45) is 0 Å². The molecule has 0 spiro atoms. The van der Waals surface area contributed by atoms with Gasteiger partial charge in [-0.05, 0) is 54.1 Å². The first kappa shape index (κ1) is 16.3. The number of fused-ring (bicyclic) bond motifs is 1. The average molecular weight is 337 g/mol. The van der Waals surface area contributed by atoms with Crippen molar-refractivity contribution >= 4 is 28.7 Å². The van der Waals surface area contributed by atoms with E-state index in [-0.39, 0.29) is 23.8 Å². The highest BCUT2D eigenvalue weighted by Gasteiger charge is 2.07. The lowest BCUT2D eigenvalue weighted by Gasteiger charge is -2.02. The van der Waals surface area contributed by atoms with Gasteiger partial charge in [0.1, 0.15) is 17.1 Å². The molecule has 2 aromatic carbocycles. The van der Waals surface area contributed by atoms with Crippen molar-refractivity contribution in [1.82, 2.24) is 5.32 Å². The normalized spacial score (nSPS) is 11.0. The molecule has 3 N–H and O–H groups in total. The second-order valence-corrected chi connectivity index (χ2v) is 5.39. The van der Waals surface area contributed by atoms with Crippen LogP contribution in [-0.2, 0) is 4.79 Å². The highest BCUT2D eigenvalue weighted by Crippen LogP contribution is 2.27. The van der Waals surface area contributed by atoms with Gasteiger partial charge < -0.3 is 19.9 Å². The third kappa shape index (κ3) is 3.87. The number of phenolic OH excluding ortho intramolecular Hbond substituents is 2. The van der Waals surface area contributed by atoms with Gasteiger partial charge in [-0.25, -0.2) is 0 Å².